The van der Waals surface area contributed by atoms with Crippen molar-refractivity contribution in [2.75, 3.05) is 20.7 Å². The van der Waals surface area contributed by atoms with Gasteiger partial charge in [0.25, 0.3) is 5.91 Å². The topological polar surface area (TPSA) is 79.6 Å². The average Bonchev–Trinajstić information content (AvgIpc) is 2.46. The number of likely N-dealkylation sites (N-methyl/N-ethyl adjacent to an activating group) is 1. The number of carbonyl (C=O) groups excluding carboxylic acids is 2. The van der Waals surface area contributed by atoms with Crippen molar-refractivity contribution in [3.8, 4) is 11.8 Å². The zero-order valence-electron chi connectivity index (χ0n) is 11.6. The second kappa shape index (κ2) is 7.14. The van der Waals surface area contributed by atoms with Crippen LogP contribution < -0.4 is 4.74 Å². The van der Waals surface area contributed by atoms with E-state index in [1.54, 1.807) is 31.2 Å². The van der Waals surface area contributed by atoms with Gasteiger partial charge in [-0.05, 0) is 31.2 Å². The second-order valence-corrected chi connectivity index (χ2v) is 4.17. The molecule has 0 radical (unpaired) electrons. The molecule has 0 unspecified atom stereocenters. The van der Waals surface area contributed by atoms with Gasteiger partial charge in [0.1, 0.15) is 12.3 Å². The van der Waals surface area contributed by atoms with E-state index in [0.717, 1.165) is 0 Å². The maximum Gasteiger partial charge on any atom is 0.325 e. The van der Waals surface area contributed by atoms with Gasteiger partial charge in [-0.25, -0.2) is 0 Å². The molecule has 1 atom stereocenters. The fourth-order valence-electron chi connectivity index (χ4n) is 1.51. The molecule has 1 rings (SSSR count). The van der Waals surface area contributed by atoms with Crippen LogP contribution in [-0.2, 0) is 14.3 Å². The summed E-state index contributed by atoms with van der Waals surface area (Å²) in [5.74, 6) is -0.345. The minimum atomic E-state index is -0.738. The molecule has 0 fully saturated rings. The predicted molar refractivity (Wildman–Crippen MR) is 70.9 cm³/mol. The van der Waals surface area contributed by atoms with Crippen LogP contribution in [0.25, 0.3) is 0 Å². The monoisotopic (exact) mass is 276 g/mol. The first-order valence-electron chi connectivity index (χ1n) is 5.96. The number of nitriles is 1. The Morgan fingerprint density at radius 1 is 1.35 bits per heavy atom. The third kappa shape index (κ3) is 4.28. The molecule has 0 heterocycles. The number of esters is 1. The molecule has 0 aliphatic heterocycles. The molecule has 1 amide bonds. The Balaban J connectivity index is 2.60. The maximum absolute atomic E-state index is 12.0. The lowest BCUT2D eigenvalue weighted by Crippen LogP contribution is -2.40. The summed E-state index contributed by atoms with van der Waals surface area (Å²) in [6.45, 7) is 1.46. The molecule has 0 aliphatic rings. The van der Waals surface area contributed by atoms with Crippen molar-refractivity contribution in [2.45, 2.75) is 13.0 Å². The van der Waals surface area contributed by atoms with Crippen molar-refractivity contribution in [2.24, 2.45) is 0 Å². The van der Waals surface area contributed by atoms with Crippen LogP contribution in [0.15, 0.2) is 24.3 Å². The summed E-state index contributed by atoms with van der Waals surface area (Å²) in [6.07, 6.45) is -0.738. The van der Waals surface area contributed by atoms with E-state index in [4.69, 9.17) is 10.00 Å². The first-order valence-corrected chi connectivity index (χ1v) is 5.96. The summed E-state index contributed by atoms with van der Waals surface area (Å²) in [7, 11) is 2.76. The average molecular weight is 276 g/mol. The lowest BCUT2D eigenvalue weighted by Gasteiger charge is -2.21. The number of ether oxygens (including phenoxy) is 2. The zero-order valence-corrected chi connectivity index (χ0v) is 11.6. The van der Waals surface area contributed by atoms with Crippen molar-refractivity contribution in [1.82, 2.24) is 4.90 Å². The van der Waals surface area contributed by atoms with Gasteiger partial charge < -0.3 is 14.4 Å². The van der Waals surface area contributed by atoms with Crippen molar-refractivity contribution in [3.05, 3.63) is 29.8 Å². The predicted octanol–water partition coefficient (Wildman–Crippen LogP) is 0.957. The Labute approximate surface area is 117 Å². The minimum Gasteiger partial charge on any atom is -0.481 e. The van der Waals surface area contributed by atoms with Crippen LogP contribution in [0.3, 0.4) is 0 Å². The summed E-state index contributed by atoms with van der Waals surface area (Å²) < 4.78 is 9.95. The number of hydrogen-bond acceptors (Lipinski definition) is 5. The second-order valence-electron chi connectivity index (χ2n) is 4.17. The molecular weight excluding hydrogens is 260 g/mol. The summed E-state index contributed by atoms with van der Waals surface area (Å²) in [5.41, 5.74) is 0.513. The Bertz CT molecular complexity index is 519. The fraction of sp³-hybridized carbons (Fsp3) is 0.357. The fourth-order valence-corrected chi connectivity index (χ4v) is 1.51. The van der Waals surface area contributed by atoms with Gasteiger partial charge in [-0.1, -0.05) is 0 Å². The molecule has 0 bridgehead atoms. The van der Waals surface area contributed by atoms with Crippen LogP contribution in [0.4, 0.5) is 0 Å². The van der Waals surface area contributed by atoms with Crippen LogP contribution in [0, 0.1) is 11.3 Å². The van der Waals surface area contributed by atoms with E-state index in [1.165, 1.54) is 19.1 Å². The van der Waals surface area contributed by atoms with Crippen molar-refractivity contribution in [1.29, 1.82) is 5.26 Å². The minimum absolute atomic E-state index is 0.129. The Kier molecular flexibility index (Phi) is 5.54. The van der Waals surface area contributed by atoms with Gasteiger partial charge in [0.15, 0.2) is 6.10 Å². The molecule has 0 saturated heterocycles. The van der Waals surface area contributed by atoms with E-state index in [0.29, 0.717) is 11.3 Å². The molecule has 1 aromatic carbocycles. The highest BCUT2D eigenvalue weighted by atomic mass is 16.5. The number of methoxy groups -OCH3 is 1. The van der Waals surface area contributed by atoms with E-state index >= 15 is 0 Å². The van der Waals surface area contributed by atoms with Gasteiger partial charge >= 0.3 is 5.97 Å². The Morgan fingerprint density at radius 2 is 1.95 bits per heavy atom. The quantitative estimate of drug-likeness (QED) is 0.748. The van der Waals surface area contributed by atoms with Crippen LogP contribution in [0.2, 0.25) is 0 Å². The standard InChI is InChI=1S/C14H16N2O4/c1-10(14(18)16(2)9-13(17)19-3)20-12-6-4-11(8-15)5-7-12/h4-7,10H,9H2,1-3H3/t10-/m0/s1. The van der Waals surface area contributed by atoms with Crippen LogP contribution in [0.5, 0.6) is 5.75 Å². The highest BCUT2D eigenvalue weighted by Crippen LogP contribution is 2.14. The van der Waals surface area contributed by atoms with Crippen molar-refractivity contribution in [3.63, 3.8) is 0 Å². The molecular formula is C14H16N2O4. The van der Waals surface area contributed by atoms with Gasteiger partial charge in [-0.15, -0.1) is 0 Å². The highest BCUT2D eigenvalue weighted by Gasteiger charge is 2.21. The van der Waals surface area contributed by atoms with Crippen molar-refractivity contribution >= 4 is 11.9 Å². The largest absolute Gasteiger partial charge is 0.481 e. The number of nitrogens with zero attached hydrogens (tertiary/aromatic N) is 2. The number of amides is 1. The first-order chi connectivity index (χ1) is 9.47. The third-order valence-electron chi connectivity index (χ3n) is 2.61. The summed E-state index contributed by atoms with van der Waals surface area (Å²) >= 11 is 0. The molecule has 0 N–H and O–H groups in total. The first kappa shape index (κ1) is 15.5. The van der Waals surface area contributed by atoms with Gasteiger partial charge in [-0.2, -0.15) is 5.26 Å². The lowest BCUT2D eigenvalue weighted by atomic mass is 10.2. The molecule has 6 nitrogen and oxygen atoms in total. The number of carbonyl (C=O) groups is 2. The molecule has 106 valence electrons. The van der Waals surface area contributed by atoms with E-state index in [2.05, 4.69) is 4.74 Å². The Hall–Kier alpha value is -2.55. The molecule has 0 aromatic heterocycles. The summed E-state index contributed by atoms with van der Waals surface area (Å²) in [6, 6.07) is 8.43. The lowest BCUT2D eigenvalue weighted by molar-refractivity contribution is -0.148. The van der Waals surface area contributed by atoms with Gasteiger partial charge in [-0.3, -0.25) is 9.59 Å². The summed E-state index contributed by atoms with van der Waals surface area (Å²) in [4.78, 5) is 24.3. The number of benzene rings is 1. The van der Waals surface area contributed by atoms with Gasteiger partial charge in [0.2, 0.25) is 0 Å². The molecule has 1 aromatic rings. The van der Waals surface area contributed by atoms with Crippen LogP contribution in [-0.4, -0.2) is 43.6 Å². The van der Waals surface area contributed by atoms with E-state index in [1.807, 2.05) is 6.07 Å². The van der Waals surface area contributed by atoms with E-state index in [9.17, 15) is 9.59 Å². The molecule has 6 heteroatoms. The normalized spacial score (nSPS) is 11.1. The van der Waals surface area contributed by atoms with Crippen molar-refractivity contribution < 1.29 is 19.1 Å². The zero-order chi connectivity index (χ0) is 15.1. The summed E-state index contributed by atoms with van der Waals surface area (Å²) in [5, 5.41) is 8.68. The molecule has 0 aliphatic carbocycles. The number of hydrogen-bond donors (Lipinski definition) is 0. The highest BCUT2D eigenvalue weighted by molar-refractivity contribution is 5.84. The van der Waals surface area contributed by atoms with E-state index < -0.39 is 12.1 Å². The Morgan fingerprint density at radius 3 is 2.45 bits per heavy atom. The third-order valence-corrected chi connectivity index (χ3v) is 2.61. The van der Waals surface area contributed by atoms with Gasteiger partial charge in [0.05, 0.1) is 18.7 Å². The van der Waals surface area contributed by atoms with Crippen LogP contribution >= 0.6 is 0 Å². The SMILES string of the molecule is COC(=O)CN(C)C(=O)[C@H](C)Oc1ccc(C#N)cc1. The van der Waals surface area contributed by atoms with Gasteiger partial charge in [0, 0.05) is 7.05 Å². The van der Waals surface area contributed by atoms with E-state index in [-0.39, 0.29) is 12.5 Å². The molecule has 0 saturated carbocycles. The van der Waals surface area contributed by atoms with Crippen LogP contribution in [0.1, 0.15) is 12.5 Å². The molecule has 20 heavy (non-hydrogen) atoms. The maximum atomic E-state index is 12.0. The molecule has 0 spiro atoms. The smallest absolute Gasteiger partial charge is 0.325 e. The number of rotatable bonds is 5.